The first-order valence-corrected chi connectivity index (χ1v) is 6.91. The van der Waals surface area contributed by atoms with Gasteiger partial charge in [0.25, 0.3) is 0 Å². The van der Waals surface area contributed by atoms with Crippen LogP contribution in [0.1, 0.15) is 18.5 Å². The topological polar surface area (TPSA) is 62.9 Å². The van der Waals surface area contributed by atoms with Gasteiger partial charge in [-0.15, -0.1) is 24.0 Å². The molecule has 1 aromatic rings. The first-order chi connectivity index (χ1) is 9.93. The quantitative estimate of drug-likeness (QED) is 0.399. The summed E-state index contributed by atoms with van der Waals surface area (Å²) in [5.74, 6) is 0.142. The number of methoxy groups -OCH3 is 1. The zero-order valence-electron chi connectivity index (χ0n) is 13.5. The van der Waals surface area contributed by atoms with Gasteiger partial charge in [0.2, 0.25) is 0 Å². The fraction of sp³-hybridized carbons (Fsp3) is 0.533. The number of nitrogens with two attached hydrogens (primary N) is 1. The predicted molar refractivity (Wildman–Crippen MR) is 99.2 cm³/mol. The smallest absolute Gasteiger partial charge is 0.188 e. The van der Waals surface area contributed by atoms with E-state index < -0.39 is 0 Å². The van der Waals surface area contributed by atoms with E-state index in [9.17, 15) is 4.39 Å². The number of nitrogens with one attached hydrogen (secondary N) is 1. The molecule has 126 valence electrons. The van der Waals surface area contributed by atoms with Gasteiger partial charge in [-0.1, -0.05) is 12.1 Å². The summed E-state index contributed by atoms with van der Waals surface area (Å²) in [6.07, 6.45) is 0. The number of hydrogen-bond donors (Lipinski definition) is 2. The Kier molecular flexibility index (Phi) is 10.3. The van der Waals surface area contributed by atoms with Gasteiger partial charge in [0.05, 0.1) is 19.2 Å². The van der Waals surface area contributed by atoms with Gasteiger partial charge in [0.1, 0.15) is 5.82 Å². The first-order valence-electron chi connectivity index (χ1n) is 6.91. The fourth-order valence-electron chi connectivity index (χ4n) is 2.03. The van der Waals surface area contributed by atoms with Gasteiger partial charge in [-0.05, 0) is 38.7 Å². The molecule has 0 amide bonds. The fourth-order valence-corrected chi connectivity index (χ4v) is 2.03. The molecular formula is C15H26FIN4O. The van der Waals surface area contributed by atoms with Crippen LogP contribution in [0, 0.1) is 5.82 Å². The normalized spacial score (nSPS) is 14.4. The molecule has 5 nitrogen and oxygen atoms in total. The summed E-state index contributed by atoms with van der Waals surface area (Å²) in [7, 11) is 5.56. The molecule has 0 aliphatic heterocycles. The number of likely N-dealkylation sites (N-methyl/N-ethyl adjacent to an activating group) is 1. The van der Waals surface area contributed by atoms with Crippen LogP contribution in [-0.2, 0) is 4.74 Å². The van der Waals surface area contributed by atoms with Crippen molar-refractivity contribution in [1.29, 1.82) is 0 Å². The maximum absolute atomic E-state index is 13.0. The molecule has 2 atom stereocenters. The molecule has 0 aliphatic carbocycles. The van der Waals surface area contributed by atoms with Gasteiger partial charge in [0.15, 0.2) is 5.96 Å². The van der Waals surface area contributed by atoms with E-state index in [1.807, 2.05) is 25.9 Å². The van der Waals surface area contributed by atoms with Crippen LogP contribution in [0.4, 0.5) is 4.39 Å². The van der Waals surface area contributed by atoms with E-state index >= 15 is 0 Å². The molecule has 0 bridgehead atoms. The average Bonchev–Trinajstić information content (AvgIpc) is 2.40. The van der Waals surface area contributed by atoms with Crippen molar-refractivity contribution in [2.75, 3.05) is 34.4 Å². The summed E-state index contributed by atoms with van der Waals surface area (Å²) in [6, 6.07) is 6.60. The summed E-state index contributed by atoms with van der Waals surface area (Å²) in [4.78, 5) is 6.39. The molecule has 0 aromatic heterocycles. The van der Waals surface area contributed by atoms with Crippen LogP contribution in [0.5, 0.6) is 0 Å². The van der Waals surface area contributed by atoms with Crippen molar-refractivity contribution >= 4 is 29.9 Å². The lowest BCUT2D eigenvalue weighted by Crippen LogP contribution is -2.41. The molecule has 2 unspecified atom stereocenters. The molecule has 1 rings (SSSR count). The number of ether oxygens (including phenoxy) is 1. The molecule has 7 heteroatoms. The van der Waals surface area contributed by atoms with Crippen LogP contribution in [0.2, 0.25) is 0 Å². The van der Waals surface area contributed by atoms with Gasteiger partial charge in [-0.2, -0.15) is 0 Å². The Labute approximate surface area is 149 Å². The van der Waals surface area contributed by atoms with E-state index in [2.05, 4.69) is 10.3 Å². The number of guanidine groups is 1. The third kappa shape index (κ3) is 7.37. The second-order valence-electron chi connectivity index (χ2n) is 5.26. The Morgan fingerprint density at radius 1 is 1.36 bits per heavy atom. The van der Waals surface area contributed by atoms with Crippen molar-refractivity contribution in [2.24, 2.45) is 10.7 Å². The van der Waals surface area contributed by atoms with Crippen molar-refractivity contribution in [2.45, 2.75) is 19.0 Å². The van der Waals surface area contributed by atoms with Crippen molar-refractivity contribution < 1.29 is 9.13 Å². The highest BCUT2D eigenvalue weighted by molar-refractivity contribution is 14.0. The Balaban J connectivity index is 0.00000441. The van der Waals surface area contributed by atoms with Crippen molar-refractivity contribution in [3.8, 4) is 0 Å². The van der Waals surface area contributed by atoms with Gasteiger partial charge >= 0.3 is 0 Å². The number of halogens is 2. The highest BCUT2D eigenvalue weighted by Crippen LogP contribution is 2.18. The minimum Gasteiger partial charge on any atom is -0.383 e. The van der Waals surface area contributed by atoms with Gasteiger partial charge < -0.3 is 20.7 Å². The van der Waals surface area contributed by atoms with E-state index in [1.165, 1.54) is 12.1 Å². The zero-order chi connectivity index (χ0) is 15.8. The molecule has 0 saturated heterocycles. The van der Waals surface area contributed by atoms with Crippen LogP contribution >= 0.6 is 24.0 Å². The molecule has 0 heterocycles. The average molecular weight is 424 g/mol. The number of benzene rings is 1. The molecule has 0 fully saturated rings. The number of nitrogens with zero attached hydrogens (tertiary/aromatic N) is 2. The Morgan fingerprint density at radius 2 is 1.95 bits per heavy atom. The summed E-state index contributed by atoms with van der Waals surface area (Å²) < 4.78 is 18.0. The van der Waals surface area contributed by atoms with Crippen LogP contribution in [0.15, 0.2) is 29.3 Å². The molecule has 0 aliphatic rings. The monoisotopic (exact) mass is 424 g/mol. The molecule has 0 saturated carbocycles. The standard InChI is InChI=1S/C15H25FN4O.HI/c1-11(10-21-4)19-15(17)18-9-14(20(2)3)12-5-7-13(16)8-6-12;/h5-8,11,14H,9-10H2,1-4H3,(H3,17,18,19);1H. The zero-order valence-corrected chi connectivity index (χ0v) is 15.9. The van der Waals surface area contributed by atoms with Crippen LogP contribution < -0.4 is 11.1 Å². The van der Waals surface area contributed by atoms with Crippen molar-refractivity contribution in [3.63, 3.8) is 0 Å². The van der Waals surface area contributed by atoms with E-state index in [0.717, 1.165) is 5.56 Å². The van der Waals surface area contributed by atoms with Crippen molar-refractivity contribution in [1.82, 2.24) is 10.2 Å². The van der Waals surface area contributed by atoms with E-state index in [4.69, 9.17) is 10.5 Å². The maximum Gasteiger partial charge on any atom is 0.188 e. The molecule has 1 aromatic carbocycles. The molecule has 22 heavy (non-hydrogen) atoms. The van der Waals surface area contributed by atoms with Gasteiger partial charge in [-0.25, -0.2) is 4.39 Å². The van der Waals surface area contributed by atoms with E-state index in [1.54, 1.807) is 19.2 Å². The Morgan fingerprint density at radius 3 is 2.45 bits per heavy atom. The highest BCUT2D eigenvalue weighted by Gasteiger charge is 2.14. The first kappa shape index (κ1) is 21.1. The van der Waals surface area contributed by atoms with E-state index in [0.29, 0.717) is 19.1 Å². The lowest BCUT2D eigenvalue weighted by atomic mass is 10.1. The van der Waals surface area contributed by atoms with Gasteiger partial charge in [0, 0.05) is 13.2 Å². The Hall–Kier alpha value is -0.930. The second-order valence-corrected chi connectivity index (χ2v) is 5.26. The highest BCUT2D eigenvalue weighted by atomic mass is 127. The van der Waals surface area contributed by atoms with Gasteiger partial charge in [-0.3, -0.25) is 4.99 Å². The number of rotatable bonds is 7. The SMILES string of the molecule is COCC(C)NC(N)=NCC(c1ccc(F)cc1)N(C)C.I. The minimum atomic E-state index is -0.241. The molecule has 0 spiro atoms. The largest absolute Gasteiger partial charge is 0.383 e. The Bertz CT molecular complexity index is 453. The third-order valence-corrected chi connectivity index (χ3v) is 3.12. The molecular weight excluding hydrogens is 398 g/mol. The lowest BCUT2D eigenvalue weighted by Gasteiger charge is -2.23. The number of aliphatic imine (C=N–C) groups is 1. The molecule has 3 N–H and O–H groups in total. The van der Waals surface area contributed by atoms with Crippen LogP contribution in [0.3, 0.4) is 0 Å². The number of hydrogen-bond acceptors (Lipinski definition) is 3. The summed E-state index contributed by atoms with van der Waals surface area (Å²) in [6.45, 7) is 3.03. The summed E-state index contributed by atoms with van der Waals surface area (Å²) >= 11 is 0. The second kappa shape index (κ2) is 10.7. The lowest BCUT2D eigenvalue weighted by molar-refractivity contribution is 0.179. The minimum absolute atomic E-state index is 0. The summed E-state index contributed by atoms with van der Waals surface area (Å²) in [5, 5.41) is 3.06. The molecule has 0 radical (unpaired) electrons. The van der Waals surface area contributed by atoms with Crippen LogP contribution in [0.25, 0.3) is 0 Å². The van der Waals surface area contributed by atoms with E-state index in [-0.39, 0.29) is 41.9 Å². The maximum atomic E-state index is 13.0. The van der Waals surface area contributed by atoms with Crippen LogP contribution in [-0.4, -0.2) is 51.3 Å². The summed E-state index contributed by atoms with van der Waals surface area (Å²) in [5.41, 5.74) is 6.86. The predicted octanol–water partition coefficient (Wildman–Crippen LogP) is 1.99. The van der Waals surface area contributed by atoms with Crippen molar-refractivity contribution in [3.05, 3.63) is 35.6 Å². The third-order valence-electron chi connectivity index (χ3n) is 3.12.